The van der Waals surface area contributed by atoms with Gasteiger partial charge in [0.25, 0.3) is 0 Å². The molecule has 1 aliphatic carbocycles. The summed E-state index contributed by atoms with van der Waals surface area (Å²) in [5.74, 6) is -1.55. The van der Waals surface area contributed by atoms with E-state index in [-0.39, 0.29) is 0 Å². The lowest BCUT2D eigenvalue weighted by Gasteiger charge is -2.39. The van der Waals surface area contributed by atoms with E-state index in [1.165, 1.54) is 7.11 Å². The van der Waals surface area contributed by atoms with Crippen molar-refractivity contribution >= 4 is 17.6 Å². The monoisotopic (exact) mass is 290 g/mol. The topological polar surface area (TPSA) is 95.4 Å². The molecule has 0 radical (unpaired) electrons. The van der Waals surface area contributed by atoms with Crippen molar-refractivity contribution in [2.24, 2.45) is 11.1 Å². The molecule has 4 N–H and O–H groups in total. The number of nitrogen functional groups attached to an aromatic ring is 1. The van der Waals surface area contributed by atoms with E-state index in [4.69, 9.17) is 16.2 Å². The zero-order chi connectivity index (χ0) is 15.5. The van der Waals surface area contributed by atoms with Gasteiger partial charge in [-0.25, -0.2) is 0 Å². The summed E-state index contributed by atoms with van der Waals surface area (Å²) >= 11 is 0. The van der Waals surface area contributed by atoms with E-state index in [2.05, 4.69) is 0 Å². The standard InChI is InChI=1S/C16H22N2O3/c1-21-14(19)13(11-6-5-7-12(17)10-11)16(15(18)20)8-3-2-4-9-16/h5-7,10,13H,2-4,8-9,17H2,1H3,(H2,18,20). The van der Waals surface area contributed by atoms with Crippen LogP contribution < -0.4 is 11.5 Å². The third kappa shape index (κ3) is 2.86. The Morgan fingerprint density at radius 2 is 1.90 bits per heavy atom. The highest BCUT2D eigenvalue weighted by Crippen LogP contribution is 2.48. The van der Waals surface area contributed by atoms with Crippen LogP contribution in [0.15, 0.2) is 24.3 Å². The molecule has 1 atom stereocenters. The number of amides is 1. The largest absolute Gasteiger partial charge is 0.469 e. The van der Waals surface area contributed by atoms with E-state index in [9.17, 15) is 9.59 Å². The molecule has 1 aromatic rings. The first-order chi connectivity index (χ1) is 10.0. The highest BCUT2D eigenvalue weighted by molar-refractivity contribution is 5.91. The summed E-state index contributed by atoms with van der Waals surface area (Å²) in [5, 5.41) is 0. The van der Waals surface area contributed by atoms with Gasteiger partial charge in [0.15, 0.2) is 0 Å². The second-order valence-corrected chi connectivity index (χ2v) is 5.71. The van der Waals surface area contributed by atoms with Crippen LogP contribution in [0.5, 0.6) is 0 Å². The Kier molecular flexibility index (Phi) is 4.50. The molecule has 2 rings (SSSR count). The molecule has 1 amide bonds. The maximum absolute atomic E-state index is 12.4. The Bertz CT molecular complexity index is 536. The van der Waals surface area contributed by atoms with Gasteiger partial charge < -0.3 is 16.2 Å². The number of esters is 1. The van der Waals surface area contributed by atoms with Gasteiger partial charge >= 0.3 is 5.97 Å². The maximum atomic E-state index is 12.4. The first-order valence-electron chi connectivity index (χ1n) is 7.24. The molecule has 0 heterocycles. The van der Waals surface area contributed by atoms with Crippen molar-refractivity contribution in [3.05, 3.63) is 29.8 Å². The fourth-order valence-electron chi connectivity index (χ4n) is 3.40. The summed E-state index contributed by atoms with van der Waals surface area (Å²) in [7, 11) is 1.33. The molecule has 1 fully saturated rings. The molecular formula is C16H22N2O3. The number of rotatable bonds is 4. The molecule has 1 aromatic carbocycles. The minimum absolute atomic E-state index is 0.429. The second-order valence-electron chi connectivity index (χ2n) is 5.71. The fourth-order valence-corrected chi connectivity index (χ4v) is 3.40. The lowest BCUT2D eigenvalue weighted by molar-refractivity contribution is -0.151. The fraction of sp³-hybridized carbons (Fsp3) is 0.500. The third-order valence-electron chi connectivity index (χ3n) is 4.47. The predicted octanol–water partition coefficient (Wildman–Crippen LogP) is 1.96. The van der Waals surface area contributed by atoms with Gasteiger partial charge in [-0.1, -0.05) is 31.4 Å². The molecule has 21 heavy (non-hydrogen) atoms. The van der Waals surface area contributed by atoms with Crippen LogP contribution in [0, 0.1) is 5.41 Å². The van der Waals surface area contributed by atoms with Crippen molar-refractivity contribution in [1.82, 2.24) is 0 Å². The summed E-state index contributed by atoms with van der Waals surface area (Å²) in [6, 6.07) is 7.05. The van der Waals surface area contributed by atoms with E-state index in [0.29, 0.717) is 24.1 Å². The SMILES string of the molecule is COC(=O)C(c1cccc(N)c1)C1(C(N)=O)CCCCC1. The quantitative estimate of drug-likeness (QED) is 0.654. The van der Waals surface area contributed by atoms with Gasteiger partial charge in [0.1, 0.15) is 0 Å². The number of benzene rings is 1. The smallest absolute Gasteiger partial charge is 0.314 e. The van der Waals surface area contributed by atoms with Crippen LogP contribution in [0.2, 0.25) is 0 Å². The van der Waals surface area contributed by atoms with Gasteiger partial charge in [-0.15, -0.1) is 0 Å². The summed E-state index contributed by atoms with van der Waals surface area (Å²) < 4.78 is 4.95. The average Bonchev–Trinajstić information content (AvgIpc) is 2.48. The number of anilines is 1. The molecule has 5 nitrogen and oxygen atoms in total. The van der Waals surface area contributed by atoms with E-state index in [1.807, 2.05) is 0 Å². The molecular weight excluding hydrogens is 268 g/mol. The zero-order valence-corrected chi connectivity index (χ0v) is 12.3. The number of primary amides is 1. The van der Waals surface area contributed by atoms with Crippen LogP contribution in [-0.2, 0) is 14.3 Å². The summed E-state index contributed by atoms with van der Waals surface area (Å²) in [5.41, 5.74) is 11.9. The van der Waals surface area contributed by atoms with Crippen LogP contribution in [0.4, 0.5) is 5.69 Å². The molecule has 0 bridgehead atoms. The Morgan fingerprint density at radius 1 is 1.24 bits per heavy atom. The molecule has 0 aromatic heterocycles. The Morgan fingerprint density at radius 3 is 2.43 bits per heavy atom. The molecule has 1 aliphatic rings. The van der Waals surface area contributed by atoms with Crippen LogP contribution >= 0.6 is 0 Å². The summed E-state index contributed by atoms with van der Waals surface area (Å²) in [4.78, 5) is 24.5. The highest BCUT2D eigenvalue weighted by Gasteiger charge is 2.49. The van der Waals surface area contributed by atoms with Crippen LogP contribution in [0.3, 0.4) is 0 Å². The summed E-state index contributed by atoms with van der Waals surface area (Å²) in [6.07, 6.45) is 4.05. The third-order valence-corrected chi connectivity index (χ3v) is 4.47. The molecule has 0 spiro atoms. The minimum atomic E-state index is -0.876. The van der Waals surface area contributed by atoms with E-state index in [1.54, 1.807) is 24.3 Å². The predicted molar refractivity (Wildman–Crippen MR) is 80.3 cm³/mol. The molecule has 0 aliphatic heterocycles. The highest BCUT2D eigenvalue weighted by atomic mass is 16.5. The maximum Gasteiger partial charge on any atom is 0.314 e. The van der Waals surface area contributed by atoms with Gasteiger partial charge in [-0.3, -0.25) is 9.59 Å². The van der Waals surface area contributed by atoms with Gasteiger partial charge in [-0.2, -0.15) is 0 Å². The molecule has 1 unspecified atom stereocenters. The number of carbonyl (C=O) groups excluding carboxylic acids is 2. The second kappa shape index (κ2) is 6.16. The Balaban J connectivity index is 2.52. The van der Waals surface area contributed by atoms with Gasteiger partial charge in [0.2, 0.25) is 5.91 Å². The molecule has 114 valence electrons. The number of carbonyl (C=O) groups is 2. The number of ether oxygens (including phenoxy) is 1. The number of methoxy groups -OCH3 is 1. The summed E-state index contributed by atoms with van der Waals surface area (Å²) in [6.45, 7) is 0. The minimum Gasteiger partial charge on any atom is -0.469 e. The first-order valence-corrected chi connectivity index (χ1v) is 7.24. The average molecular weight is 290 g/mol. The molecule has 5 heteroatoms. The van der Waals surface area contributed by atoms with Gasteiger partial charge in [0.05, 0.1) is 18.4 Å². The Hall–Kier alpha value is -2.04. The van der Waals surface area contributed by atoms with Crippen molar-refractivity contribution in [1.29, 1.82) is 0 Å². The normalized spacial score (nSPS) is 18.7. The molecule has 0 saturated heterocycles. The number of hydrogen-bond donors (Lipinski definition) is 2. The molecule has 1 saturated carbocycles. The number of hydrogen-bond acceptors (Lipinski definition) is 4. The lowest BCUT2D eigenvalue weighted by Crippen LogP contribution is -2.46. The van der Waals surface area contributed by atoms with Crippen LogP contribution in [-0.4, -0.2) is 19.0 Å². The van der Waals surface area contributed by atoms with E-state index >= 15 is 0 Å². The van der Waals surface area contributed by atoms with Crippen molar-refractivity contribution in [2.75, 3.05) is 12.8 Å². The van der Waals surface area contributed by atoms with E-state index < -0.39 is 23.2 Å². The van der Waals surface area contributed by atoms with E-state index in [0.717, 1.165) is 19.3 Å². The van der Waals surface area contributed by atoms with Crippen LogP contribution in [0.25, 0.3) is 0 Å². The van der Waals surface area contributed by atoms with Crippen molar-refractivity contribution in [3.8, 4) is 0 Å². The van der Waals surface area contributed by atoms with Crippen molar-refractivity contribution < 1.29 is 14.3 Å². The first kappa shape index (κ1) is 15.4. The van der Waals surface area contributed by atoms with Gasteiger partial charge in [-0.05, 0) is 30.5 Å². The van der Waals surface area contributed by atoms with Crippen molar-refractivity contribution in [2.45, 2.75) is 38.0 Å². The zero-order valence-electron chi connectivity index (χ0n) is 12.3. The van der Waals surface area contributed by atoms with Crippen molar-refractivity contribution in [3.63, 3.8) is 0 Å². The van der Waals surface area contributed by atoms with Crippen LogP contribution in [0.1, 0.15) is 43.6 Å². The lowest BCUT2D eigenvalue weighted by atomic mass is 9.63. The number of nitrogens with two attached hydrogens (primary N) is 2. The Labute approximate surface area is 124 Å². The van der Waals surface area contributed by atoms with Gasteiger partial charge in [0, 0.05) is 5.69 Å².